The van der Waals surface area contributed by atoms with E-state index in [0.717, 1.165) is 50.5 Å². The Morgan fingerprint density at radius 1 is 1.07 bits per heavy atom. The summed E-state index contributed by atoms with van der Waals surface area (Å²) in [5.74, 6) is -0.275. The van der Waals surface area contributed by atoms with Crippen LogP contribution in [0.3, 0.4) is 0 Å². The summed E-state index contributed by atoms with van der Waals surface area (Å²) in [6.45, 7) is 6.14. The van der Waals surface area contributed by atoms with Gasteiger partial charge in [0.05, 0.1) is 19.3 Å². The third-order valence-corrected chi connectivity index (χ3v) is 5.42. The van der Waals surface area contributed by atoms with Gasteiger partial charge in [-0.25, -0.2) is 4.39 Å². The minimum Gasteiger partial charge on any atom is -0.379 e. The van der Waals surface area contributed by atoms with E-state index < -0.39 is 0 Å². The highest BCUT2D eigenvalue weighted by Gasteiger charge is 2.29. The molecule has 164 valence electrons. The molecule has 0 bridgehead atoms. The minimum atomic E-state index is -0.275. The Kier molecular flexibility index (Phi) is 9.52. The van der Waals surface area contributed by atoms with Crippen LogP contribution in [-0.4, -0.2) is 61.6 Å². The lowest BCUT2D eigenvalue weighted by molar-refractivity contribution is 0.0341. The van der Waals surface area contributed by atoms with Crippen LogP contribution in [0.15, 0.2) is 48.5 Å². The summed E-state index contributed by atoms with van der Waals surface area (Å²) < 4.78 is 19.1. The maximum Gasteiger partial charge on any atom is 0.254 e. The number of hydrogen-bond donors (Lipinski definition) is 1. The van der Waals surface area contributed by atoms with Gasteiger partial charge in [-0.1, -0.05) is 24.3 Å². The number of piperazine rings is 1. The number of nitrogens with zero attached hydrogens (tertiary/aromatic N) is 2. The Labute approximate surface area is 189 Å². The maximum absolute atomic E-state index is 13.7. The van der Waals surface area contributed by atoms with Gasteiger partial charge in [0.25, 0.3) is 5.91 Å². The van der Waals surface area contributed by atoms with Gasteiger partial charge in [-0.3, -0.25) is 9.69 Å². The van der Waals surface area contributed by atoms with Gasteiger partial charge in [0.1, 0.15) is 5.82 Å². The number of amides is 1. The molecular weight excluding hydrogens is 428 g/mol. The smallest absolute Gasteiger partial charge is 0.254 e. The van der Waals surface area contributed by atoms with Gasteiger partial charge in [-0.15, -0.1) is 24.8 Å². The SMILES string of the molecule is Cl.Cl.O=C(c1cccc(CN2CCOCC2)c1)N1CCNCC1c1cccc(F)c1. The Hall–Kier alpha value is -1.70. The standard InChI is InChI=1S/C22H26FN3O2.2ClH/c23-20-6-2-4-18(14-20)21-15-24-7-8-26(21)22(27)19-5-1-3-17(13-19)16-25-9-11-28-12-10-25;;/h1-6,13-14,21,24H,7-12,15-16H2;2*1H. The quantitative estimate of drug-likeness (QED) is 0.767. The Bertz CT molecular complexity index is 834. The predicted octanol–water partition coefficient (Wildman–Crippen LogP) is 3.29. The number of rotatable bonds is 4. The van der Waals surface area contributed by atoms with E-state index in [1.807, 2.05) is 29.2 Å². The molecule has 2 aromatic carbocycles. The van der Waals surface area contributed by atoms with Crippen LogP contribution in [0.1, 0.15) is 27.5 Å². The highest BCUT2D eigenvalue weighted by atomic mass is 35.5. The van der Waals surface area contributed by atoms with Gasteiger partial charge >= 0.3 is 0 Å². The van der Waals surface area contributed by atoms with Crippen LogP contribution in [0, 0.1) is 5.82 Å². The van der Waals surface area contributed by atoms with Gasteiger partial charge in [0.15, 0.2) is 0 Å². The monoisotopic (exact) mass is 455 g/mol. The molecular formula is C22H28Cl2FN3O2. The second-order valence-electron chi connectivity index (χ2n) is 7.36. The first-order valence-electron chi connectivity index (χ1n) is 9.87. The molecule has 2 saturated heterocycles. The Morgan fingerprint density at radius 3 is 2.60 bits per heavy atom. The molecule has 0 radical (unpaired) electrons. The molecule has 5 nitrogen and oxygen atoms in total. The molecule has 2 heterocycles. The lowest BCUT2D eigenvalue weighted by Crippen LogP contribution is -2.48. The minimum absolute atomic E-state index is 0. The van der Waals surface area contributed by atoms with E-state index in [1.165, 1.54) is 12.1 Å². The zero-order valence-corrected chi connectivity index (χ0v) is 18.4. The summed E-state index contributed by atoms with van der Waals surface area (Å²) in [5, 5.41) is 3.32. The molecule has 1 N–H and O–H groups in total. The Balaban J connectivity index is 0.00000160. The van der Waals surface area contributed by atoms with Crippen molar-refractivity contribution in [2.24, 2.45) is 0 Å². The summed E-state index contributed by atoms with van der Waals surface area (Å²) in [6, 6.07) is 14.2. The van der Waals surface area contributed by atoms with Crippen molar-refractivity contribution < 1.29 is 13.9 Å². The van der Waals surface area contributed by atoms with E-state index in [9.17, 15) is 9.18 Å². The number of nitrogens with one attached hydrogen (secondary N) is 1. The molecule has 2 aliphatic rings. The van der Waals surface area contributed by atoms with Gasteiger partial charge in [-0.05, 0) is 35.4 Å². The third-order valence-electron chi connectivity index (χ3n) is 5.42. The zero-order chi connectivity index (χ0) is 19.3. The zero-order valence-electron chi connectivity index (χ0n) is 16.8. The number of halogens is 3. The van der Waals surface area contributed by atoms with Crippen LogP contribution in [0.2, 0.25) is 0 Å². The lowest BCUT2D eigenvalue weighted by Gasteiger charge is -2.36. The summed E-state index contributed by atoms with van der Waals surface area (Å²) in [5.41, 5.74) is 2.64. The molecule has 1 atom stereocenters. The van der Waals surface area contributed by atoms with E-state index in [4.69, 9.17) is 4.74 Å². The van der Waals surface area contributed by atoms with Crippen molar-refractivity contribution in [3.63, 3.8) is 0 Å². The highest BCUT2D eigenvalue weighted by molar-refractivity contribution is 5.94. The molecule has 2 fully saturated rings. The first-order chi connectivity index (χ1) is 13.7. The first-order valence-corrected chi connectivity index (χ1v) is 9.87. The van der Waals surface area contributed by atoms with Crippen LogP contribution >= 0.6 is 24.8 Å². The van der Waals surface area contributed by atoms with Crippen LogP contribution in [0.25, 0.3) is 0 Å². The van der Waals surface area contributed by atoms with Crippen LogP contribution < -0.4 is 5.32 Å². The normalized spacial score (nSPS) is 19.5. The summed E-state index contributed by atoms with van der Waals surface area (Å²) in [6.07, 6.45) is 0. The van der Waals surface area contributed by atoms with Gasteiger partial charge in [0.2, 0.25) is 0 Å². The second kappa shape index (κ2) is 11.6. The largest absolute Gasteiger partial charge is 0.379 e. The van der Waals surface area contributed by atoms with Gasteiger partial charge < -0.3 is 15.0 Å². The molecule has 8 heteroatoms. The van der Waals surface area contributed by atoms with E-state index in [2.05, 4.69) is 16.3 Å². The molecule has 1 unspecified atom stereocenters. The summed E-state index contributed by atoms with van der Waals surface area (Å²) in [4.78, 5) is 17.5. The van der Waals surface area contributed by atoms with Crippen molar-refractivity contribution in [2.75, 3.05) is 45.9 Å². The maximum atomic E-state index is 13.7. The highest BCUT2D eigenvalue weighted by Crippen LogP contribution is 2.25. The lowest BCUT2D eigenvalue weighted by atomic mass is 10.0. The van der Waals surface area contributed by atoms with E-state index in [1.54, 1.807) is 6.07 Å². The first kappa shape index (κ1) is 24.6. The molecule has 0 aliphatic carbocycles. The number of hydrogen-bond acceptors (Lipinski definition) is 4. The number of carbonyl (C=O) groups is 1. The summed E-state index contributed by atoms with van der Waals surface area (Å²) >= 11 is 0. The van der Waals surface area contributed by atoms with Crippen LogP contribution in [-0.2, 0) is 11.3 Å². The fourth-order valence-electron chi connectivity index (χ4n) is 3.95. The molecule has 4 rings (SSSR count). The fourth-order valence-corrected chi connectivity index (χ4v) is 3.95. The molecule has 0 saturated carbocycles. The molecule has 30 heavy (non-hydrogen) atoms. The topological polar surface area (TPSA) is 44.8 Å². The number of morpholine rings is 1. The molecule has 2 aliphatic heterocycles. The van der Waals surface area contributed by atoms with Gasteiger partial charge in [-0.2, -0.15) is 0 Å². The number of carbonyl (C=O) groups excluding carboxylic acids is 1. The van der Waals surface area contributed by atoms with Crippen molar-refractivity contribution in [2.45, 2.75) is 12.6 Å². The van der Waals surface area contributed by atoms with Crippen molar-refractivity contribution in [3.8, 4) is 0 Å². The van der Waals surface area contributed by atoms with Crippen molar-refractivity contribution in [3.05, 3.63) is 71.0 Å². The molecule has 0 aromatic heterocycles. The molecule has 1 amide bonds. The van der Waals surface area contributed by atoms with Gasteiger partial charge in [0, 0.05) is 44.8 Å². The molecule has 2 aromatic rings. The van der Waals surface area contributed by atoms with E-state index in [-0.39, 0.29) is 42.6 Å². The van der Waals surface area contributed by atoms with Crippen LogP contribution in [0.5, 0.6) is 0 Å². The van der Waals surface area contributed by atoms with E-state index >= 15 is 0 Å². The number of benzene rings is 2. The fraction of sp³-hybridized carbons (Fsp3) is 0.409. The van der Waals surface area contributed by atoms with E-state index in [0.29, 0.717) is 18.7 Å². The average Bonchev–Trinajstić information content (AvgIpc) is 2.74. The number of ether oxygens (including phenoxy) is 1. The van der Waals surface area contributed by atoms with Crippen molar-refractivity contribution in [1.29, 1.82) is 0 Å². The van der Waals surface area contributed by atoms with Crippen molar-refractivity contribution >= 4 is 30.7 Å². The third kappa shape index (κ3) is 5.93. The average molecular weight is 456 g/mol. The molecule has 0 spiro atoms. The Morgan fingerprint density at radius 2 is 1.83 bits per heavy atom. The van der Waals surface area contributed by atoms with Crippen LogP contribution in [0.4, 0.5) is 4.39 Å². The second-order valence-corrected chi connectivity index (χ2v) is 7.36. The predicted molar refractivity (Wildman–Crippen MR) is 120 cm³/mol. The summed E-state index contributed by atoms with van der Waals surface area (Å²) in [7, 11) is 0. The van der Waals surface area contributed by atoms with Crippen molar-refractivity contribution in [1.82, 2.24) is 15.1 Å².